The highest BCUT2D eigenvalue weighted by Crippen LogP contribution is 2.46. The Hall–Kier alpha value is -6.14. The van der Waals surface area contributed by atoms with E-state index >= 15 is 0 Å². The number of primary sulfonamides is 1. The number of quaternary nitrogens is 1. The minimum absolute atomic E-state index is 0.178. The molecule has 29 heteroatoms. The number of alkyl carbamates (subject to hydrolysis) is 2. The fourth-order valence-corrected chi connectivity index (χ4v) is 9.12. The van der Waals surface area contributed by atoms with Crippen molar-refractivity contribution in [2.75, 3.05) is 7.11 Å². The smallest absolute Gasteiger partial charge is 0.519 e. The molecule has 5 saturated carbocycles. The van der Waals surface area contributed by atoms with Crippen LogP contribution in [0.2, 0.25) is 0 Å². The van der Waals surface area contributed by atoms with Crippen molar-refractivity contribution in [2.24, 2.45) is 22.9 Å². The highest BCUT2D eigenvalue weighted by molar-refractivity contribution is 7.91. The van der Waals surface area contributed by atoms with Crippen LogP contribution < -0.4 is 26.2 Å². The standard InChI is InChI=1S/C14H22N2O5S.C11H17NO4.C10H18O5.C7H11NO2.C7H8O3S.C3H7NO2S/c1-5-9-8-14(9,15-12(18)21-13(2,3)4)11(17)16-22(19,20)10-6-7-10;1-5-7-6-11(7,8(13)14)12-9(15)16-10(2,3)4;1-9(2,3)14-7(11)13-8(12)15-10(4,5)6;1-3-5-4-7(5,8)6(9)10-2;1-6-2-4-7(5-3-6)11(8,9)10;4-7(5,6)3-1-2-3/h5,9-10H,1,6-8H2,2-4H3,(H,15,18)(H,16,17);5,7H,1,6H2,2-4H3,(H,12,15)(H,13,14);1-6H3;3,5H,1,4,8H2,2H3;2-5H,1H3,(H,8,9,10);3H,1-2H2,(H2,4,5,6)/t9?,14-;7?,11-;;5?,7-;;/m11.1../s1. The van der Waals surface area contributed by atoms with Crippen molar-refractivity contribution in [3.63, 3.8) is 0 Å². The van der Waals surface area contributed by atoms with Crippen molar-refractivity contribution in [2.45, 2.75) is 189 Å². The van der Waals surface area contributed by atoms with Gasteiger partial charge < -0.3 is 54.4 Å². The van der Waals surface area contributed by atoms with Gasteiger partial charge in [0, 0.05) is 24.2 Å². The highest BCUT2D eigenvalue weighted by Gasteiger charge is 2.63. The molecular formula is C52H83N5O21S3. The Morgan fingerprint density at radius 3 is 1.28 bits per heavy atom. The monoisotopic (exact) mass is 1210 g/mol. The number of carboxylic acids is 1. The van der Waals surface area contributed by atoms with Gasteiger partial charge in [-0.3, -0.25) is 9.52 Å². The van der Waals surface area contributed by atoms with E-state index in [1.165, 1.54) is 31.4 Å². The van der Waals surface area contributed by atoms with Gasteiger partial charge >= 0.3 is 36.4 Å². The maximum atomic E-state index is 12.3. The number of nitrogens with one attached hydrogen (secondary N) is 3. The van der Waals surface area contributed by atoms with Gasteiger partial charge in [-0.25, -0.2) is 59.2 Å². The third-order valence-corrected chi connectivity index (χ3v) is 15.4. The van der Waals surface area contributed by atoms with Crippen molar-refractivity contribution in [1.29, 1.82) is 0 Å². The van der Waals surface area contributed by atoms with Crippen LogP contribution in [0, 0.1) is 24.7 Å². The number of carbonyl (C=O) groups is 7. The van der Waals surface area contributed by atoms with E-state index in [0.717, 1.165) is 24.8 Å². The van der Waals surface area contributed by atoms with Gasteiger partial charge in [0.15, 0.2) is 5.54 Å². The molecule has 5 aliphatic rings. The van der Waals surface area contributed by atoms with Crippen LogP contribution >= 0.6 is 0 Å². The van der Waals surface area contributed by atoms with Crippen LogP contribution in [-0.4, -0.2) is 134 Å². The molecule has 3 unspecified atom stereocenters. The molecule has 9 N–H and O–H groups in total. The lowest BCUT2D eigenvalue weighted by Crippen LogP contribution is -2.69. The fourth-order valence-electron chi connectivity index (χ4n) is 6.49. The molecule has 0 spiro atoms. The molecule has 3 amide bonds. The van der Waals surface area contributed by atoms with Crippen molar-refractivity contribution in [3.8, 4) is 0 Å². The number of ether oxygens (including phenoxy) is 6. The summed E-state index contributed by atoms with van der Waals surface area (Å²) in [5.74, 6) is -2.32. The van der Waals surface area contributed by atoms with Gasteiger partial charge in [0.05, 0.1) is 22.5 Å². The molecule has 0 bridgehead atoms. The van der Waals surface area contributed by atoms with E-state index in [1.54, 1.807) is 101 Å². The third kappa shape index (κ3) is 26.5. The van der Waals surface area contributed by atoms with Crippen molar-refractivity contribution < 1.29 is 103 Å². The molecule has 460 valence electrons. The SMILES string of the molecule is C=CC1C[C@]1(NC(=O)OC(C)(C)C)C(=O)NS(=O)(=O)C1CC1.C=CC1C[C@]1(NC(=O)OC(C)(C)C)C(=O)O.C=CC1C[C@]1([NH3+])C(=O)OC.CC(C)(C)OC(=O)OC(=O)OC(C)(C)C.Cc1ccc(S(=O)(=O)[O-])cc1.NS(=O)(=O)C1CC1. The molecule has 0 aromatic heterocycles. The van der Waals surface area contributed by atoms with E-state index in [0.29, 0.717) is 25.7 Å². The zero-order valence-electron chi connectivity index (χ0n) is 48.6. The maximum absolute atomic E-state index is 12.3. The topological polar surface area (TPSA) is 410 Å². The molecule has 26 nitrogen and oxygen atoms in total. The van der Waals surface area contributed by atoms with Crippen LogP contribution in [0.15, 0.2) is 67.1 Å². The third-order valence-electron chi connectivity index (χ3n) is 11.3. The number of rotatable bonds is 12. The minimum atomic E-state index is -4.27. The Morgan fingerprint density at radius 1 is 0.642 bits per heavy atom. The summed E-state index contributed by atoms with van der Waals surface area (Å²) in [6.07, 6.45) is 5.33. The van der Waals surface area contributed by atoms with E-state index in [-0.39, 0.29) is 33.9 Å². The summed E-state index contributed by atoms with van der Waals surface area (Å²) in [5, 5.41) is 17.9. The summed E-state index contributed by atoms with van der Waals surface area (Å²) < 4.78 is 106. The summed E-state index contributed by atoms with van der Waals surface area (Å²) >= 11 is 0. The lowest BCUT2D eigenvalue weighted by Gasteiger charge is -2.23. The van der Waals surface area contributed by atoms with Crippen molar-refractivity contribution in [1.82, 2.24) is 15.4 Å². The number of esters is 1. The number of sulfonamides is 2. The van der Waals surface area contributed by atoms with Gasteiger partial charge in [0.2, 0.25) is 20.0 Å². The van der Waals surface area contributed by atoms with E-state index in [9.17, 15) is 63.4 Å². The number of hydrogen-bond acceptors (Lipinski definition) is 20. The molecule has 0 radical (unpaired) electrons. The molecule has 1 aromatic carbocycles. The summed E-state index contributed by atoms with van der Waals surface area (Å²) in [6, 6.07) is 5.78. The predicted molar refractivity (Wildman–Crippen MR) is 293 cm³/mol. The maximum Gasteiger partial charge on any atom is 0.519 e. The first kappa shape index (κ1) is 72.9. The Bertz CT molecular complexity index is 2780. The van der Waals surface area contributed by atoms with Gasteiger partial charge in [-0.15, -0.1) is 19.7 Å². The second-order valence-electron chi connectivity index (χ2n) is 23.6. The Balaban J connectivity index is 0.000000502. The first-order chi connectivity index (χ1) is 36.5. The average molecular weight is 1210 g/mol. The van der Waals surface area contributed by atoms with E-state index < -0.39 is 111 Å². The summed E-state index contributed by atoms with van der Waals surface area (Å²) in [4.78, 5) is 79.5. The molecule has 1 aromatic rings. The van der Waals surface area contributed by atoms with Crippen LogP contribution in [0.3, 0.4) is 0 Å². The zero-order valence-corrected chi connectivity index (χ0v) is 51.1. The van der Waals surface area contributed by atoms with Gasteiger partial charge in [0.1, 0.15) is 43.6 Å². The van der Waals surface area contributed by atoms with Crippen molar-refractivity contribution >= 4 is 72.5 Å². The number of amides is 3. The Morgan fingerprint density at radius 2 is 1.01 bits per heavy atom. The van der Waals surface area contributed by atoms with E-state index in [2.05, 4.69) is 50.3 Å². The first-order valence-electron chi connectivity index (χ1n) is 25.3. The van der Waals surface area contributed by atoms with Crippen LogP contribution in [0.25, 0.3) is 0 Å². The number of carboxylic acid groups (broad SMARTS) is 1. The summed E-state index contributed by atoms with van der Waals surface area (Å²) in [6.45, 7) is 32.8. The van der Waals surface area contributed by atoms with Gasteiger partial charge in [-0.05, 0) is 141 Å². The second kappa shape index (κ2) is 27.8. The quantitative estimate of drug-likeness (QED) is 0.0517. The zero-order chi connectivity index (χ0) is 63.3. The lowest BCUT2D eigenvalue weighted by molar-refractivity contribution is -0.428. The van der Waals surface area contributed by atoms with Crippen molar-refractivity contribution in [3.05, 3.63) is 67.8 Å². The van der Waals surface area contributed by atoms with E-state index in [4.69, 9.17) is 29.2 Å². The van der Waals surface area contributed by atoms with Crippen LogP contribution in [-0.2, 0) is 73.0 Å². The molecule has 5 aliphatic carbocycles. The number of nitrogens with two attached hydrogens (primary N) is 1. The number of hydrogen-bond donors (Lipinski definition) is 6. The van der Waals surface area contributed by atoms with Gasteiger partial charge in [0.25, 0.3) is 5.91 Å². The molecular weight excluding hydrogens is 1130 g/mol. The molecule has 0 aliphatic heterocycles. The van der Waals surface area contributed by atoms with Crippen LogP contribution in [0.5, 0.6) is 0 Å². The molecule has 6 rings (SSSR count). The summed E-state index contributed by atoms with van der Waals surface area (Å²) in [5.41, 5.74) is -1.06. The molecule has 0 saturated heterocycles. The number of benzene rings is 1. The largest absolute Gasteiger partial charge is 0.744 e. The summed E-state index contributed by atoms with van der Waals surface area (Å²) in [7, 11) is -9.67. The number of aryl methyl sites for hydroxylation is 1. The molecule has 6 atom stereocenters. The second-order valence-corrected chi connectivity index (χ2v) is 28.7. The number of methoxy groups -OCH3 is 1. The van der Waals surface area contributed by atoms with Crippen LogP contribution in [0.1, 0.15) is 134 Å². The minimum Gasteiger partial charge on any atom is -0.744 e. The Kier molecular flexibility index (Phi) is 25.0. The average Bonchev–Trinajstić information content (AvgIpc) is 4.03. The fraction of sp³-hybridized carbons (Fsp3) is 0.635. The Labute approximate surface area is 475 Å². The van der Waals surface area contributed by atoms with Gasteiger partial charge in [-0.1, -0.05) is 35.9 Å². The first-order valence-corrected chi connectivity index (χ1v) is 29.8. The highest BCUT2D eigenvalue weighted by atomic mass is 32.2. The lowest BCUT2D eigenvalue weighted by atomic mass is 10.2. The predicted octanol–water partition coefficient (Wildman–Crippen LogP) is 5.16. The number of aliphatic carboxylic acids is 1. The molecule has 0 heterocycles. The normalized spacial score (nSPS) is 23.3. The number of carbonyl (C=O) groups excluding carboxylic acids is 6. The molecule has 5 fully saturated rings. The molecule has 81 heavy (non-hydrogen) atoms. The van der Waals surface area contributed by atoms with Gasteiger partial charge in [-0.2, -0.15) is 0 Å². The van der Waals surface area contributed by atoms with E-state index in [1.807, 2.05) is 6.92 Å². The van der Waals surface area contributed by atoms with Crippen LogP contribution in [0.4, 0.5) is 19.2 Å².